The Morgan fingerprint density at radius 1 is 1.62 bits per heavy atom. The van der Waals surface area contributed by atoms with E-state index in [9.17, 15) is 18.7 Å². The van der Waals surface area contributed by atoms with E-state index in [-0.39, 0.29) is 12.5 Å². The van der Waals surface area contributed by atoms with Crippen LogP contribution in [0.2, 0.25) is 0 Å². The molecule has 1 fully saturated rings. The smallest absolute Gasteiger partial charge is 0.250 e. The first kappa shape index (κ1) is 13.3. The normalized spacial score (nSPS) is 20.3. The molecule has 2 unspecified atom stereocenters. The van der Waals surface area contributed by atoms with E-state index in [0.29, 0.717) is 0 Å². The van der Waals surface area contributed by atoms with Crippen LogP contribution in [0.25, 0.3) is 0 Å². The van der Waals surface area contributed by atoms with Crippen LogP contribution in [-0.2, 0) is 4.79 Å². The summed E-state index contributed by atoms with van der Waals surface area (Å²) >= 11 is 0. The summed E-state index contributed by atoms with van der Waals surface area (Å²) in [6, 6.07) is -0.813. The lowest BCUT2D eigenvalue weighted by molar-refractivity contribution is -0.130. The van der Waals surface area contributed by atoms with Gasteiger partial charge < -0.3 is 16.2 Å². The lowest BCUT2D eigenvalue weighted by atomic mass is 10.0. The SMILES string of the molecule is CC(F)(F)CCC(N)C(O)C(=O)NC1CC1. The molecular weight excluding hydrogens is 218 g/mol. The molecule has 0 aromatic rings. The third kappa shape index (κ3) is 4.85. The van der Waals surface area contributed by atoms with Gasteiger partial charge in [-0.2, -0.15) is 0 Å². The molecule has 0 spiro atoms. The van der Waals surface area contributed by atoms with Crippen LogP contribution < -0.4 is 11.1 Å². The van der Waals surface area contributed by atoms with E-state index >= 15 is 0 Å². The summed E-state index contributed by atoms with van der Waals surface area (Å²) in [5, 5.41) is 12.1. The molecule has 0 saturated heterocycles. The van der Waals surface area contributed by atoms with Gasteiger partial charge in [0.1, 0.15) is 6.10 Å². The third-order valence-electron chi connectivity index (χ3n) is 2.51. The average molecular weight is 236 g/mol. The van der Waals surface area contributed by atoms with Crippen LogP contribution in [-0.4, -0.2) is 35.1 Å². The van der Waals surface area contributed by atoms with Gasteiger partial charge in [0.05, 0.1) is 0 Å². The molecular formula is C10H18F2N2O2. The van der Waals surface area contributed by atoms with Gasteiger partial charge in [-0.3, -0.25) is 4.79 Å². The average Bonchev–Trinajstić information content (AvgIpc) is 2.95. The Kier molecular flexibility index (Phi) is 4.21. The van der Waals surface area contributed by atoms with E-state index in [4.69, 9.17) is 5.73 Å². The molecule has 1 aliphatic carbocycles. The number of hydrogen-bond donors (Lipinski definition) is 3. The van der Waals surface area contributed by atoms with Gasteiger partial charge in [-0.05, 0) is 26.2 Å². The van der Waals surface area contributed by atoms with Crippen LogP contribution in [0.15, 0.2) is 0 Å². The number of aliphatic hydroxyl groups excluding tert-OH is 1. The van der Waals surface area contributed by atoms with E-state index in [1.54, 1.807) is 0 Å². The molecule has 6 heteroatoms. The lowest BCUT2D eigenvalue weighted by Crippen LogP contribution is -2.47. The zero-order valence-corrected chi connectivity index (χ0v) is 9.25. The van der Waals surface area contributed by atoms with Gasteiger partial charge in [-0.15, -0.1) is 0 Å². The Morgan fingerprint density at radius 2 is 2.19 bits per heavy atom. The number of carbonyl (C=O) groups is 1. The molecule has 4 N–H and O–H groups in total. The van der Waals surface area contributed by atoms with Crippen LogP contribution in [0, 0.1) is 0 Å². The molecule has 0 aromatic carbocycles. The summed E-state index contributed by atoms with van der Waals surface area (Å²) < 4.78 is 25.1. The van der Waals surface area contributed by atoms with Crippen molar-refractivity contribution in [3.63, 3.8) is 0 Å². The minimum Gasteiger partial charge on any atom is -0.382 e. The van der Waals surface area contributed by atoms with E-state index < -0.39 is 30.4 Å². The van der Waals surface area contributed by atoms with Crippen molar-refractivity contribution in [2.75, 3.05) is 0 Å². The zero-order valence-electron chi connectivity index (χ0n) is 9.25. The number of amides is 1. The fourth-order valence-electron chi connectivity index (χ4n) is 1.29. The van der Waals surface area contributed by atoms with Crippen LogP contribution in [0.5, 0.6) is 0 Å². The largest absolute Gasteiger partial charge is 0.382 e. The number of aliphatic hydroxyl groups is 1. The number of alkyl halides is 2. The Morgan fingerprint density at radius 3 is 2.62 bits per heavy atom. The summed E-state index contributed by atoms with van der Waals surface area (Å²) in [7, 11) is 0. The number of nitrogens with two attached hydrogens (primary N) is 1. The van der Waals surface area contributed by atoms with E-state index in [1.807, 2.05) is 0 Å². The second-order valence-corrected chi connectivity index (χ2v) is 4.50. The molecule has 0 aromatic heterocycles. The molecule has 0 radical (unpaired) electrons. The number of carbonyl (C=O) groups excluding carboxylic acids is 1. The van der Waals surface area contributed by atoms with Crippen molar-refractivity contribution in [1.82, 2.24) is 5.32 Å². The summed E-state index contributed by atoms with van der Waals surface area (Å²) in [5.41, 5.74) is 5.48. The van der Waals surface area contributed by atoms with Crippen molar-refractivity contribution in [2.45, 2.75) is 56.7 Å². The minimum absolute atomic E-state index is 0.0806. The highest BCUT2D eigenvalue weighted by Gasteiger charge is 2.31. The second kappa shape index (κ2) is 5.05. The first-order valence-corrected chi connectivity index (χ1v) is 5.41. The molecule has 94 valence electrons. The molecule has 1 rings (SSSR count). The summed E-state index contributed by atoms with van der Waals surface area (Å²) in [6.45, 7) is 0.788. The molecule has 1 amide bonds. The molecule has 1 aliphatic rings. The molecule has 16 heavy (non-hydrogen) atoms. The Hall–Kier alpha value is -0.750. The maximum atomic E-state index is 12.5. The van der Waals surface area contributed by atoms with Crippen molar-refractivity contribution in [2.24, 2.45) is 5.73 Å². The monoisotopic (exact) mass is 236 g/mol. The Bertz CT molecular complexity index is 252. The molecule has 4 nitrogen and oxygen atoms in total. The molecule has 0 bridgehead atoms. The fourth-order valence-corrected chi connectivity index (χ4v) is 1.29. The highest BCUT2D eigenvalue weighted by molar-refractivity contribution is 5.81. The minimum atomic E-state index is -2.82. The summed E-state index contributed by atoms with van der Waals surface area (Å²) in [6.07, 6.45) is -0.102. The number of halogens is 2. The molecule has 0 heterocycles. The standard InChI is InChI=1S/C10H18F2N2O2/c1-10(11,12)5-4-7(13)8(15)9(16)14-6-2-3-6/h6-8,15H,2-5,13H2,1H3,(H,14,16). The quantitative estimate of drug-likeness (QED) is 0.624. The summed E-state index contributed by atoms with van der Waals surface area (Å²) in [4.78, 5) is 11.3. The fraction of sp³-hybridized carbons (Fsp3) is 0.900. The van der Waals surface area contributed by atoms with Crippen LogP contribution in [0.4, 0.5) is 8.78 Å². The first-order chi connectivity index (χ1) is 7.29. The zero-order chi connectivity index (χ0) is 12.3. The van der Waals surface area contributed by atoms with Gasteiger partial charge in [0, 0.05) is 18.5 Å². The molecule has 0 aliphatic heterocycles. The van der Waals surface area contributed by atoms with E-state index in [1.165, 1.54) is 0 Å². The molecule has 2 atom stereocenters. The van der Waals surface area contributed by atoms with E-state index in [2.05, 4.69) is 5.32 Å². The van der Waals surface area contributed by atoms with Gasteiger partial charge in [0.25, 0.3) is 5.91 Å². The first-order valence-electron chi connectivity index (χ1n) is 5.41. The molecule has 1 saturated carbocycles. The van der Waals surface area contributed by atoms with Crippen LogP contribution >= 0.6 is 0 Å². The number of rotatable bonds is 6. The van der Waals surface area contributed by atoms with Crippen molar-refractivity contribution in [3.05, 3.63) is 0 Å². The lowest BCUT2D eigenvalue weighted by Gasteiger charge is -2.19. The second-order valence-electron chi connectivity index (χ2n) is 4.50. The summed E-state index contributed by atoms with van der Waals surface area (Å²) in [5.74, 6) is -3.38. The van der Waals surface area contributed by atoms with Gasteiger partial charge >= 0.3 is 0 Å². The predicted octanol–water partition coefficient (Wildman–Crippen LogP) is 0.389. The maximum absolute atomic E-state index is 12.5. The number of hydrogen-bond acceptors (Lipinski definition) is 3. The topological polar surface area (TPSA) is 75.3 Å². The van der Waals surface area contributed by atoms with Crippen molar-refractivity contribution < 1.29 is 18.7 Å². The van der Waals surface area contributed by atoms with Crippen LogP contribution in [0.3, 0.4) is 0 Å². The predicted molar refractivity (Wildman–Crippen MR) is 55.0 cm³/mol. The Labute approximate surface area is 93.2 Å². The highest BCUT2D eigenvalue weighted by Crippen LogP contribution is 2.21. The van der Waals surface area contributed by atoms with Gasteiger partial charge in [-0.1, -0.05) is 0 Å². The number of nitrogens with one attached hydrogen (secondary N) is 1. The maximum Gasteiger partial charge on any atom is 0.250 e. The van der Waals surface area contributed by atoms with E-state index in [0.717, 1.165) is 19.8 Å². The third-order valence-corrected chi connectivity index (χ3v) is 2.51. The highest BCUT2D eigenvalue weighted by atomic mass is 19.3. The van der Waals surface area contributed by atoms with Crippen molar-refractivity contribution in [1.29, 1.82) is 0 Å². The van der Waals surface area contributed by atoms with Gasteiger partial charge in [0.15, 0.2) is 0 Å². The van der Waals surface area contributed by atoms with Gasteiger partial charge in [0.2, 0.25) is 5.92 Å². The Balaban J connectivity index is 2.28. The van der Waals surface area contributed by atoms with Crippen molar-refractivity contribution in [3.8, 4) is 0 Å². The van der Waals surface area contributed by atoms with Gasteiger partial charge in [-0.25, -0.2) is 8.78 Å². The van der Waals surface area contributed by atoms with Crippen LogP contribution in [0.1, 0.15) is 32.6 Å². The van der Waals surface area contributed by atoms with Crippen molar-refractivity contribution >= 4 is 5.91 Å².